The number of thioether (sulfide) groups is 1. The Labute approximate surface area is 134 Å². The molecule has 1 atom stereocenters. The van der Waals surface area contributed by atoms with Crippen molar-refractivity contribution in [1.29, 1.82) is 0 Å². The minimum absolute atomic E-state index is 0.0121. The van der Waals surface area contributed by atoms with Gasteiger partial charge in [-0.05, 0) is 18.2 Å². The molecule has 0 spiro atoms. The Balaban J connectivity index is 2.33. The van der Waals surface area contributed by atoms with E-state index in [-0.39, 0.29) is 11.2 Å². The minimum Gasteiger partial charge on any atom is -0.496 e. The summed E-state index contributed by atoms with van der Waals surface area (Å²) in [5.41, 5.74) is 7.50. The summed E-state index contributed by atoms with van der Waals surface area (Å²) < 4.78 is 10.2. The van der Waals surface area contributed by atoms with Crippen LogP contribution < -0.4 is 10.5 Å². The van der Waals surface area contributed by atoms with Gasteiger partial charge >= 0.3 is 5.97 Å². The summed E-state index contributed by atoms with van der Waals surface area (Å²) in [6.45, 7) is 0.431. The van der Waals surface area contributed by atoms with Crippen molar-refractivity contribution in [1.82, 2.24) is 0 Å². The van der Waals surface area contributed by atoms with Gasteiger partial charge < -0.3 is 15.2 Å². The summed E-state index contributed by atoms with van der Waals surface area (Å²) in [6, 6.07) is 15.1. The van der Waals surface area contributed by atoms with E-state index in [0.717, 1.165) is 16.2 Å². The molecule has 1 unspecified atom stereocenters. The first-order valence-corrected chi connectivity index (χ1v) is 7.76. The van der Waals surface area contributed by atoms with Crippen molar-refractivity contribution in [2.75, 3.05) is 20.8 Å². The fourth-order valence-electron chi connectivity index (χ4n) is 2.17. The highest BCUT2D eigenvalue weighted by Gasteiger charge is 2.19. The predicted molar refractivity (Wildman–Crippen MR) is 88.4 cm³/mol. The van der Waals surface area contributed by atoms with Crippen molar-refractivity contribution < 1.29 is 14.3 Å². The lowest BCUT2D eigenvalue weighted by Crippen LogP contribution is -2.11. The molecule has 2 rings (SSSR count). The number of carbonyl (C=O) groups is 1. The van der Waals surface area contributed by atoms with Crippen molar-refractivity contribution in [3.8, 4) is 5.75 Å². The van der Waals surface area contributed by atoms with Gasteiger partial charge in [-0.25, -0.2) is 4.79 Å². The number of para-hydroxylation sites is 1. The molecule has 0 amide bonds. The maximum Gasteiger partial charge on any atom is 0.338 e. The highest BCUT2D eigenvalue weighted by molar-refractivity contribution is 7.99. The average molecular weight is 317 g/mol. The maximum absolute atomic E-state index is 11.9. The van der Waals surface area contributed by atoms with Gasteiger partial charge in [-0.3, -0.25) is 0 Å². The zero-order chi connectivity index (χ0) is 15.9. The monoisotopic (exact) mass is 317 g/mol. The second kappa shape index (κ2) is 7.87. The van der Waals surface area contributed by atoms with Crippen LogP contribution in [0.4, 0.5) is 0 Å². The van der Waals surface area contributed by atoms with Gasteiger partial charge in [0.15, 0.2) is 0 Å². The molecular formula is C17H19NO3S. The molecule has 2 N–H and O–H groups in total. The van der Waals surface area contributed by atoms with Gasteiger partial charge in [-0.2, -0.15) is 0 Å². The van der Waals surface area contributed by atoms with E-state index in [1.165, 1.54) is 18.9 Å². The van der Waals surface area contributed by atoms with Crippen LogP contribution in [0, 0.1) is 0 Å². The van der Waals surface area contributed by atoms with Gasteiger partial charge in [-0.15, -0.1) is 11.8 Å². The zero-order valence-electron chi connectivity index (χ0n) is 12.6. The zero-order valence-corrected chi connectivity index (χ0v) is 13.4. The van der Waals surface area contributed by atoms with Crippen molar-refractivity contribution in [3.63, 3.8) is 0 Å². The SMILES string of the molecule is COC(=O)c1ccccc1SC(CN)c1ccccc1OC. The molecule has 0 aliphatic carbocycles. The number of benzene rings is 2. The van der Waals surface area contributed by atoms with Crippen LogP contribution in [0.5, 0.6) is 5.75 Å². The summed E-state index contributed by atoms with van der Waals surface area (Å²) >= 11 is 1.54. The normalized spacial score (nSPS) is 11.8. The van der Waals surface area contributed by atoms with Gasteiger partial charge in [-0.1, -0.05) is 30.3 Å². The Kier molecular flexibility index (Phi) is 5.86. The van der Waals surface area contributed by atoms with Gasteiger partial charge in [0.05, 0.1) is 25.0 Å². The fourth-order valence-corrected chi connectivity index (χ4v) is 3.33. The Bertz CT molecular complexity index is 645. The standard InChI is InChI=1S/C17H19NO3S/c1-20-14-9-5-3-7-12(14)16(11-18)22-15-10-6-4-8-13(15)17(19)21-2/h3-10,16H,11,18H2,1-2H3. The Morgan fingerprint density at radius 1 is 1.14 bits per heavy atom. The van der Waals surface area contributed by atoms with Crippen LogP contribution in [0.1, 0.15) is 21.2 Å². The van der Waals surface area contributed by atoms with E-state index >= 15 is 0 Å². The molecule has 22 heavy (non-hydrogen) atoms. The number of hydrogen-bond donors (Lipinski definition) is 1. The lowest BCUT2D eigenvalue weighted by Gasteiger charge is -2.19. The molecular weight excluding hydrogens is 298 g/mol. The number of rotatable bonds is 6. The second-order valence-electron chi connectivity index (χ2n) is 4.57. The summed E-state index contributed by atoms with van der Waals surface area (Å²) in [5.74, 6) is 0.444. The third-order valence-corrected chi connectivity index (χ3v) is 4.60. The molecule has 0 radical (unpaired) electrons. The first kappa shape index (κ1) is 16.4. The molecule has 2 aromatic carbocycles. The van der Waals surface area contributed by atoms with Gasteiger partial charge in [0.2, 0.25) is 0 Å². The number of methoxy groups -OCH3 is 2. The topological polar surface area (TPSA) is 61.5 Å². The maximum atomic E-state index is 11.9. The minimum atomic E-state index is -0.348. The van der Waals surface area contributed by atoms with Crippen molar-refractivity contribution in [2.24, 2.45) is 5.73 Å². The fraction of sp³-hybridized carbons (Fsp3) is 0.235. The molecule has 0 aromatic heterocycles. The summed E-state index contributed by atoms with van der Waals surface area (Å²) in [4.78, 5) is 12.7. The molecule has 0 saturated heterocycles. The molecule has 5 heteroatoms. The summed E-state index contributed by atoms with van der Waals surface area (Å²) in [6.07, 6.45) is 0. The van der Waals surface area contributed by atoms with Crippen LogP contribution in [0.15, 0.2) is 53.4 Å². The highest BCUT2D eigenvalue weighted by atomic mass is 32.2. The number of esters is 1. The van der Waals surface area contributed by atoms with Crippen LogP contribution >= 0.6 is 11.8 Å². The largest absolute Gasteiger partial charge is 0.496 e. The smallest absolute Gasteiger partial charge is 0.338 e. The molecule has 0 fully saturated rings. The Morgan fingerprint density at radius 2 is 1.82 bits per heavy atom. The summed E-state index contributed by atoms with van der Waals surface area (Å²) in [7, 11) is 3.02. The lowest BCUT2D eigenvalue weighted by atomic mass is 10.1. The molecule has 2 aromatic rings. The van der Waals surface area contributed by atoms with E-state index in [2.05, 4.69) is 0 Å². The van der Waals surface area contributed by atoms with E-state index in [4.69, 9.17) is 15.2 Å². The Morgan fingerprint density at radius 3 is 2.50 bits per heavy atom. The molecule has 0 bridgehead atoms. The van der Waals surface area contributed by atoms with Gasteiger partial charge in [0, 0.05) is 17.0 Å². The predicted octanol–water partition coefficient (Wildman–Crippen LogP) is 3.27. The van der Waals surface area contributed by atoms with Gasteiger partial charge in [0.1, 0.15) is 5.75 Å². The average Bonchev–Trinajstić information content (AvgIpc) is 2.59. The van der Waals surface area contributed by atoms with E-state index in [9.17, 15) is 4.79 Å². The second-order valence-corrected chi connectivity index (χ2v) is 5.82. The molecule has 4 nitrogen and oxygen atoms in total. The van der Waals surface area contributed by atoms with E-state index in [1.54, 1.807) is 13.2 Å². The van der Waals surface area contributed by atoms with E-state index in [1.807, 2.05) is 42.5 Å². The van der Waals surface area contributed by atoms with Crippen LogP contribution in [-0.4, -0.2) is 26.7 Å². The van der Waals surface area contributed by atoms with Crippen LogP contribution in [0.2, 0.25) is 0 Å². The van der Waals surface area contributed by atoms with Crippen molar-refractivity contribution in [3.05, 3.63) is 59.7 Å². The van der Waals surface area contributed by atoms with Crippen molar-refractivity contribution >= 4 is 17.7 Å². The third kappa shape index (κ3) is 3.61. The number of nitrogens with two attached hydrogens (primary N) is 1. The van der Waals surface area contributed by atoms with Crippen molar-refractivity contribution in [2.45, 2.75) is 10.1 Å². The van der Waals surface area contributed by atoms with Crippen LogP contribution in [-0.2, 0) is 4.74 Å². The van der Waals surface area contributed by atoms with Crippen LogP contribution in [0.25, 0.3) is 0 Å². The van der Waals surface area contributed by atoms with E-state index in [0.29, 0.717) is 12.1 Å². The number of carbonyl (C=O) groups excluding carboxylic acids is 1. The van der Waals surface area contributed by atoms with E-state index < -0.39 is 0 Å². The Hall–Kier alpha value is -1.98. The lowest BCUT2D eigenvalue weighted by molar-refractivity contribution is 0.0597. The number of hydrogen-bond acceptors (Lipinski definition) is 5. The molecule has 0 saturated carbocycles. The first-order valence-electron chi connectivity index (χ1n) is 6.88. The highest BCUT2D eigenvalue weighted by Crippen LogP contribution is 2.39. The van der Waals surface area contributed by atoms with Crippen LogP contribution in [0.3, 0.4) is 0 Å². The molecule has 0 aliphatic rings. The molecule has 116 valence electrons. The first-order chi connectivity index (χ1) is 10.7. The number of ether oxygens (including phenoxy) is 2. The molecule has 0 aliphatic heterocycles. The third-order valence-electron chi connectivity index (χ3n) is 3.26. The molecule has 0 heterocycles. The quantitative estimate of drug-likeness (QED) is 0.654. The van der Waals surface area contributed by atoms with Gasteiger partial charge in [0.25, 0.3) is 0 Å². The summed E-state index contributed by atoms with van der Waals surface area (Å²) in [5, 5.41) is -0.0121.